The molecule has 0 radical (unpaired) electrons. The Balaban J connectivity index is 1.76. The van der Waals surface area contributed by atoms with Crippen LogP contribution in [0.2, 0.25) is 5.02 Å². The first kappa shape index (κ1) is 13.3. The number of benzene rings is 1. The van der Waals surface area contributed by atoms with Gasteiger partial charge in [-0.2, -0.15) is 0 Å². The molecule has 1 heterocycles. The Kier molecular flexibility index (Phi) is 4.58. The van der Waals surface area contributed by atoms with E-state index in [9.17, 15) is 4.79 Å². The maximum Gasteiger partial charge on any atom is 0.238 e. The van der Waals surface area contributed by atoms with Crippen molar-refractivity contribution >= 4 is 23.2 Å². The number of nitrogens with one attached hydrogen (secondary N) is 2. The van der Waals surface area contributed by atoms with E-state index in [4.69, 9.17) is 16.3 Å². The van der Waals surface area contributed by atoms with E-state index in [0.717, 1.165) is 18.7 Å². The van der Waals surface area contributed by atoms with Gasteiger partial charge in [0.15, 0.2) is 0 Å². The van der Waals surface area contributed by atoms with Crippen molar-refractivity contribution in [3.63, 3.8) is 0 Å². The Hall–Kier alpha value is -1.10. The summed E-state index contributed by atoms with van der Waals surface area (Å²) in [5.74, 6) is -0.0589. The molecule has 1 amide bonds. The monoisotopic (exact) mass is 268 g/mol. The number of amides is 1. The highest BCUT2D eigenvalue weighted by Crippen LogP contribution is 2.14. The lowest BCUT2D eigenvalue weighted by atomic mass is 10.1. The van der Waals surface area contributed by atoms with Gasteiger partial charge in [-0.1, -0.05) is 11.6 Å². The fraction of sp³-hybridized carbons (Fsp3) is 0.462. The van der Waals surface area contributed by atoms with Gasteiger partial charge in [0.1, 0.15) is 0 Å². The average Bonchev–Trinajstić information content (AvgIpc) is 2.75. The van der Waals surface area contributed by atoms with Crippen LogP contribution in [0.1, 0.15) is 13.3 Å². The zero-order chi connectivity index (χ0) is 13.0. The summed E-state index contributed by atoms with van der Waals surface area (Å²) in [4.78, 5) is 11.7. The van der Waals surface area contributed by atoms with Crippen molar-refractivity contribution in [3.05, 3.63) is 29.3 Å². The maximum absolute atomic E-state index is 11.7. The van der Waals surface area contributed by atoms with Crippen LogP contribution in [0.15, 0.2) is 24.3 Å². The summed E-state index contributed by atoms with van der Waals surface area (Å²) < 4.78 is 5.42. The van der Waals surface area contributed by atoms with Gasteiger partial charge in [0, 0.05) is 23.4 Å². The molecular weight excluding hydrogens is 252 g/mol. The van der Waals surface area contributed by atoms with Crippen LogP contribution in [0.5, 0.6) is 0 Å². The molecule has 0 aliphatic carbocycles. The zero-order valence-corrected chi connectivity index (χ0v) is 11.0. The van der Waals surface area contributed by atoms with E-state index in [1.165, 1.54) is 0 Å². The molecule has 0 spiro atoms. The molecule has 98 valence electrons. The highest BCUT2D eigenvalue weighted by molar-refractivity contribution is 6.30. The van der Waals surface area contributed by atoms with Crippen LogP contribution >= 0.6 is 11.6 Å². The van der Waals surface area contributed by atoms with Crippen LogP contribution in [-0.2, 0) is 9.53 Å². The largest absolute Gasteiger partial charge is 0.377 e. The van der Waals surface area contributed by atoms with Crippen molar-refractivity contribution < 1.29 is 9.53 Å². The fourth-order valence-corrected chi connectivity index (χ4v) is 2.09. The first-order valence-corrected chi connectivity index (χ1v) is 6.43. The van der Waals surface area contributed by atoms with Gasteiger partial charge in [-0.15, -0.1) is 0 Å². The third-order valence-electron chi connectivity index (χ3n) is 3.03. The van der Waals surface area contributed by atoms with Crippen molar-refractivity contribution in [1.29, 1.82) is 0 Å². The number of rotatable bonds is 4. The number of anilines is 1. The number of hydrogen-bond donors (Lipinski definition) is 2. The molecule has 1 aliphatic heterocycles. The lowest BCUT2D eigenvalue weighted by molar-refractivity contribution is -0.115. The summed E-state index contributed by atoms with van der Waals surface area (Å²) in [6.07, 6.45) is 1.13. The second-order valence-electron chi connectivity index (χ2n) is 4.41. The predicted molar refractivity (Wildman–Crippen MR) is 71.9 cm³/mol. The number of halogens is 1. The van der Waals surface area contributed by atoms with Gasteiger partial charge in [-0.25, -0.2) is 0 Å². The van der Waals surface area contributed by atoms with E-state index in [1.807, 2.05) is 6.92 Å². The molecule has 2 N–H and O–H groups in total. The number of ether oxygens (including phenoxy) is 1. The van der Waals surface area contributed by atoms with Gasteiger partial charge in [-0.3, -0.25) is 4.79 Å². The van der Waals surface area contributed by atoms with E-state index >= 15 is 0 Å². The van der Waals surface area contributed by atoms with Gasteiger partial charge < -0.3 is 15.4 Å². The van der Waals surface area contributed by atoms with E-state index in [-0.39, 0.29) is 18.1 Å². The van der Waals surface area contributed by atoms with Gasteiger partial charge in [0.25, 0.3) is 0 Å². The topological polar surface area (TPSA) is 50.4 Å². The molecule has 2 atom stereocenters. The standard InChI is InChI=1S/C13H17ClN2O2/c1-9-12(6-7-18-9)15-8-13(17)16-11-4-2-10(14)3-5-11/h2-5,9,12,15H,6-8H2,1H3,(H,16,17). The molecule has 5 heteroatoms. The number of hydrogen-bond acceptors (Lipinski definition) is 3. The Bertz CT molecular complexity index is 408. The third-order valence-corrected chi connectivity index (χ3v) is 3.28. The molecule has 4 nitrogen and oxygen atoms in total. The highest BCUT2D eigenvalue weighted by atomic mass is 35.5. The van der Waals surface area contributed by atoms with Crippen molar-refractivity contribution in [2.75, 3.05) is 18.5 Å². The van der Waals surface area contributed by atoms with Crippen LogP contribution < -0.4 is 10.6 Å². The van der Waals surface area contributed by atoms with Crippen LogP contribution in [0.25, 0.3) is 0 Å². The van der Waals surface area contributed by atoms with Gasteiger partial charge in [0.2, 0.25) is 5.91 Å². The molecule has 1 saturated heterocycles. The van der Waals surface area contributed by atoms with Crippen LogP contribution in [0, 0.1) is 0 Å². The SMILES string of the molecule is CC1OCCC1NCC(=O)Nc1ccc(Cl)cc1. The Morgan fingerprint density at radius 1 is 1.44 bits per heavy atom. The molecule has 0 bridgehead atoms. The van der Waals surface area contributed by atoms with E-state index in [0.29, 0.717) is 11.6 Å². The van der Waals surface area contributed by atoms with E-state index < -0.39 is 0 Å². The summed E-state index contributed by atoms with van der Waals surface area (Å²) in [7, 11) is 0. The van der Waals surface area contributed by atoms with Crippen molar-refractivity contribution in [2.24, 2.45) is 0 Å². The minimum Gasteiger partial charge on any atom is -0.377 e. The van der Waals surface area contributed by atoms with Crippen molar-refractivity contribution in [1.82, 2.24) is 5.32 Å². The molecular formula is C13H17ClN2O2. The average molecular weight is 269 g/mol. The summed E-state index contributed by atoms with van der Waals surface area (Å²) in [5, 5.41) is 6.66. The van der Waals surface area contributed by atoms with Crippen LogP contribution in [0.4, 0.5) is 5.69 Å². The summed E-state index contributed by atoms with van der Waals surface area (Å²) >= 11 is 5.77. The second kappa shape index (κ2) is 6.18. The van der Waals surface area contributed by atoms with Crippen molar-refractivity contribution in [3.8, 4) is 0 Å². The Morgan fingerprint density at radius 3 is 2.78 bits per heavy atom. The number of carbonyl (C=O) groups excluding carboxylic acids is 1. The minimum atomic E-state index is -0.0589. The van der Waals surface area contributed by atoms with E-state index in [1.54, 1.807) is 24.3 Å². The molecule has 1 aliphatic rings. The van der Waals surface area contributed by atoms with Gasteiger partial charge in [-0.05, 0) is 37.6 Å². The fourth-order valence-electron chi connectivity index (χ4n) is 1.96. The second-order valence-corrected chi connectivity index (χ2v) is 4.84. The molecule has 0 aromatic heterocycles. The van der Waals surface area contributed by atoms with Gasteiger partial charge >= 0.3 is 0 Å². The Labute approximate surface area is 112 Å². The first-order valence-electron chi connectivity index (χ1n) is 6.05. The Morgan fingerprint density at radius 2 is 2.17 bits per heavy atom. The summed E-state index contributed by atoms with van der Waals surface area (Å²) in [6.45, 7) is 3.07. The summed E-state index contributed by atoms with van der Waals surface area (Å²) in [6, 6.07) is 7.32. The maximum atomic E-state index is 11.7. The highest BCUT2D eigenvalue weighted by Gasteiger charge is 2.23. The normalized spacial score (nSPS) is 23.0. The molecule has 2 rings (SSSR count). The van der Waals surface area contributed by atoms with Crippen molar-refractivity contribution in [2.45, 2.75) is 25.5 Å². The van der Waals surface area contributed by atoms with E-state index in [2.05, 4.69) is 10.6 Å². The van der Waals surface area contributed by atoms with Crippen LogP contribution in [-0.4, -0.2) is 31.2 Å². The molecule has 0 saturated carbocycles. The summed E-state index contributed by atoms with van der Waals surface area (Å²) in [5.41, 5.74) is 0.752. The first-order chi connectivity index (χ1) is 8.65. The molecule has 2 unspecified atom stereocenters. The molecule has 1 fully saturated rings. The number of carbonyl (C=O) groups is 1. The minimum absolute atomic E-state index is 0.0589. The lowest BCUT2D eigenvalue weighted by Crippen LogP contribution is -2.39. The molecule has 1 aromatic carbocycles. The quantitative estimate of drug-likeness (QED) is 0.879. The molecule has 18 heavy (non-hydrogen) atoms. The smallest absolute Gasteiger partial charge is 0.238 e. The molecule has 1 aromatic rings. The lowest BCUT2D eigenvalue weighted by Gasteiger charge is -2.15. The predicted octanol–water partition coefficient (Wildman–Crippen LogP) is 2.05. The van der Waals surface area contributed by atoms with Gasteiger partial charge in [0.05, 0.1) is 12.6 Å². The zero-order valence-electron chi connectivity index (χ0n) is 10.3. The van der Waals surface area contributed by atoms with Crippen LogP contribution in [0.3, 0.4) is 0 Å². The third kappa shape index (κ3) is 3.70.